The third-order valence-electron chi connectivity index (χ3n) is 5.20. The Hall–Kier alpha value is -2.86. The number of para-hydroxylation sites is 1. The molecule has 1 heterocycles. The average molecular weight is 423 g/mol. The molecule has 156 valence electrons. The van der Waals surface area contributed by atoms with Gasteiger partial charge >= 0.3 is 0 Å². The normalized spacial score (nSPS) is 12.9. The predicted octanol–water partition coefficient (Wildman–Crippen LogP) is 5.34. The number of carbonyl (C=O) groups is 1. The molecule has 1 aliphatic rings. The van der Waals surface area contributed by atoms with E-state index < -0.39 is 0 Å². The molecule has 0 unspecified atom stereocenters. The van der Waals surface area contributed by atoms with Crippen molar-refractivity contribution in [1.29, 1.82) is 0 Å². The van der Waals surface area contributed by atoms with Crippen LogP contribution < -0.4 is 14.4 Å². The quantitative estimate of drug-likeness (QED) is 0.516. The molecule has 3 aromatic rings. The van der Waals surface area contributed by atoms with Crippen molar-refractivity contribution in [3.8, 4) is 11.5 Å². The van der Waals surface area contributed by atoms with Gasteiger partial charge in [0.2, 0.25) is 5.91 Å². The first-order valence-electron chi connectivity index (χ1n) is 10.4. The lowest BCUT2D eigenvalue weighted by Gasteiger charge is -2.21. The molecule has 1 aliphatic carbocycles. The maximum absolute atomic E-state index is 13.6. The number of carbonyl (C=O) groups excluding carboxylic acids is 1. The van der Waals surface area contributed by atoms with Crippen LogP contribution in [0.4, 0.5) is 10.8 Å². The van der Waals surface area contributed by atoms with E-state index in [1.165, 1.54) is 11.3 Å². The summed E-state index contributed by atoms with van der Waals surface area (Å²) in [5, 5.41) is 0.731. The van der Waals surface area contributed by atoms with Gasteiger partial charge in [-0.2, -0.15) is 0 Å². The summed E-state index contributed by atoms with van der Waals surface area (Å²) in [5.41, 5.74) is 2.77. The second-order valence-corrected chi connectivity index (χ2v) is 8.28. The molecule has 1 aromatic heterocycles. The summed E-state index contributed by atoms with van der Waals surface area (Å²) in [4.78, 5) is 21.5. The van der Waals surface area contributed by atoms with E-state index in [2.05, 4.69) is 0 Å². The summed E-state index contributed by atoms with van der Waals surface area (Å²) in [6.45, 7) is 2.51. The zero-order valence-electron chi connectivity index (χ0n) is 17.4. The van der Waals surface area contributed by atoms with Crippen molar-refractivity contribution in [2.24, 2.45) is 0 Å². The van der Waals surface area contributed by atoms with Crippen molar-refractivity contribution in [3.63, 3.8) is 0 Å². The Morgan fingerprint density at radius 1 is 1.13 bits per heavy atom. The molecule has 0 radical (unpaired) electrons. The minimum absolute atomic E-state index is 0.0403. The van der Waals surface area contributed by atoms with Gasteiger partial charge in [-0.25, -0.2) is 4.98 Å². The molecule has 2 aromatic carbocycles. The monoisotopic (exact) mass is 422 g/mol. The van der Waals surface area contributed by atoms with Crippen molar-refractivity contribution in [2.45, 2.75) is 39.0 Å². The fourth-order valence-electron chi connectivity index (χ4n) is 3.73. The standard InChI is InChI=1S/C24H26N2O3S/c1-3-29-21-13-6-4-9-17(21)15-23(27)26(18-10-8-11-19(16-18)28-2)24-25-20-12-5-7-14-22(20)30-24/h4,6,8-11,13,16H,3,5,7,12,14-15H2,1-2H3. The third kappa shape index (κ3) is 4.33. The summed E-state index contributed by atoms with van der Waals surface area (Å²) >= 11 is 1.63. The summed E-state index contributed by atoms with van der Waals surface area (Å²) < 4.78 is 11.1. The first kappa shape index (κ1) is 20.4. The van der Waals surface area contributed by atoms with Crippen LogP contribution in [0.15, 0.2) is 48.5 Å². The number of amides is 1. The Balaban J connectivity index is 1.71. The molecular formula is C24H26N2O3S. The predicted molar refractivity (Wildman–Crippen MR) is 120 cm³/mol. The number of ether oxygens (including phenoxy) is 2. The number of anilines is 2. The van der Waals surface area contributed by atoms with E-state index in [-0.39, 0.29) is 12.3 Å². The Morgan fingerprint density at radius 2 is 1.97 bits per heavy atom. The fraction of sp³-hybridized carbons (Fsp3) is 0.333. The fourth-order valence-corrected chi connectivity index (χ4v) is 4.92. The van der Waals surface area contributed by atoms with Crippen molar-refractivity contribution >= 4 is 28.1 Å². The second-order valence-electron chi connectivity index (χ2n) is 7.22. The van der Waals surface area contributed by atoms with E-state index in [4.69, 9.17) is 14.5 Å². The Morgan fingerprint density at radius 3 is 2.77 bits per heavy atom. The van der Waals surface area contributed by atoms with Crippen LogP contribution in [0.25, 0.3) is 0 Å². The molecule has 4 rings (SSSR count). The van der Waals surface area contributed by atoms with Gasteiger partial charge in [0, 0.05) is 16.5 Å². The lowest BCUT2D eigenvalue weighted by Crippen LogP contribution is -2.27. The van der Waals surface area contributed by atoms with Crippen molar-refractivity contribution in [1.82, 2.24) is 4.98 Å². The topological polar surface area (TPSA) is 51.7 Å². The first-order valence-corrected chi connectivity index (χ1v) is 11.2. The van der Waals surface area contributed by atoms with E-state index in [0.717, 1.165) is 47.1 Å². The lowest BCUT2D eigenvalue weighted by atomic mass is 10.0. The van der Waals surface area contributed by atoms with Gasteiger partial charge in [0.25, 0.3) is 0 Å². The Labute approximate surface area is 181 Å². The highest BCUT2D eigenvalue weighted by Gasteiger charge is 2.26. The maximum Gasteiger partial charge on any atom is 0.237 e. The van der Waals surface area contributed by atoms with Gasteiger partial charge in [0.05, 0.1) is 31.5 Å². The number of nitrogens with zero attached hydrogens (tertiary/aromatic N) is 2. The number of aromatic nitrogens is 1. The average Bonchev–Trinajstić information content (AvgIpc) is 3.19. The van der Waals surface area contributed by atoms with E-state index in [9.17, 15) is 4.79 Å². The number of rotatable bonds is 7. The zero-order chi connectivity index (χ0) is 20.9. The van der Waals surface area contributed by atoms with Crippen LogP contribution >= 0.6 is 11.3 Å². The second kappa shape index (κ2) is 9.30. The first-order chi connectivity index (χ1) is 14.7. The summed E-state index contributed by atoms with van der Waals surface area (Å²) in [6.07, 6.45) is 4.60. The molecule has 5 nitrogen and oxygen atoms in total. The number of hydrogen-bond acceptors (Lipinski definition) is 5. The van der Waals surface area contributed by atoms with E-state index in [0.29, 0.717) is 12.4 Å². The van der Waals surface area contributed by atoms with Crippen LogP contribution in [-0.2, 0) is 24.1 Å². The molecule has 0 saturated carbocycles. The van der Waals surface area contributed by atoms with Gasteiger partial charge in [-0.15, -0.1) is 11.3 Å². The van der Waals surface area contributed by atoms with Crippen LogP contribution in [-0.4, -0.2) is 24.6 Å². The highest BCUT2D eigenvalue weighted by atomic mass is 32.1. The lowest BCUT2D eigenvalue weighted by molar-refractivity contribution is -0.117. The highest BCUT2D eigenvalue weighted by molar-refractivity contribution is 7.16. The largest absolute Gasteiger partial charge is 0.497 e. The van der Waals surface area contributed by atoms with Crippen LogP contribution in [0.5, 0.6) is 11.5 Å². The van der Waals surface area contributed by atoms with Crippen molar-refractivity contribution < 1.29 is 14.3 Å². The van der Waals surface area contributed by atoms with Gasteiger partial charge in [-0.1, -0.05) is 24.3 Å². The van der Waals surface area contributed by atoms with E-state index in [1.54, 1.807) is 23.3 Å². The van der Waals surface area contributed by atoms with Crippen molar-refractivity contribution in [2.75, 3.05) is 18.6 Å². The van der Waals surface area contributed by atoms with Gasteiger partial charge in [0.1, 0.15) is 11.5 Å². The third-order valence-corrected chi connectivity index (χ3v) is 6.34. The maximum atomic E-state index is 13.6. The Kier molecular flexibility index (Phi) is 6.33. The highest BCUT2D eigenvalue weighted by Crippen LogP contribution is 2.37. The number of methoxy groups -OCH3 is 1. The number of aryl methyl sites for hydroxylation is 2. The molecule has 1 amide bonds. The number of fused-ring (bicyclic) bond motifs is 1. The Bertz CT molecular complexity index is 1010. The molecule has 0 aliphatic heterocycles. The van der Waals surface area contributed by atoms with Crippen molar-refractivity contribution in [3.05, 3.63) is 64.7 Å². The summed E-state index contributed by atoms with van der Waals surface area (Å²) in [5.74, 6) is 1.42. The number of benzene rings is 2. The molecule has 0 atom stereocenters. The smallest absolute Gasteiger partial charge is 0.237 e. The summed E-state index contributed by atoms with van der Waals surface area (Å²) in [7, 11) is 1.63. The SMILES string of the molecule is CCOc1ccccc1CC(=O)N(c1cccc(OC)c1)c1nc2c(s1)CCCC2. The molecule has 30 heavy (non-hydrogen) atoms. The van der Waals surface area contributed by atoms with E-state index in [1.807, 2.05) is 55.5 Å². The molecule has 0 fully saturated rings. The molecular weight excluding hydrogens is 396 g/mol. The minimum Gasteiger partial charge on any atom is -0.497 e. The minimum atomic E-state index is -0.0403. The van der Waals surface area contributed by atoms with Crippen LogP contribution in [0.3, 0.4) is 0 Å². The van der Waals surface area contributed by atoms with Gasteiger partial charge < -0.3 is 9.47 Å². The zero-order valence-corrected chi connectivity index (χ0v) is 18.2. The molecule has 6 heteroatoms. The van der Waals surface area contributed by atoms with Gasteiger partial charge in [-0.3, -0.25) is 9.69 Å². The number of thiazole rings is 1. The van der Waals surface area contributed by atoms with Gasteiger partial charge in [-0.05, 0) is 50.8 Å². The van der Waals surface area contributed by atoms with Crippen LogP contribution in [0.2, 0.25) is 0 Å². The molecule has 0 N–H and O–H groups in total. The van der Waals surface area contributed by atoms with Crippen LogP contribution in [0.1, 0.15) is 35.9 Å². The molecule has 0 spiro atoms. The van der Waals surface area contributed by atoms with E-state index >= 15 is 0 Å². The molecule has 0 saturated heterocycles. The van der Waals surface area contributed by atoms with Gasteiger partial charge in [0.15, 0.2) is 5.13 Å². The number of hydrogen-bond donors (Lipinski definition) is 0. The summed E-state index contributed by atoms with van der Waals surface area (Å²) in [6, 6.07) is 15.3. The molecule has 0 bridgehead atoms. The van der Waals surface area contributed by atoms with Crippen LogP contribution in [0, 0.1) is 0 Å².